The van der Waals surface area contributed by atoms with E-state index in [1.807, 2.05) is 18.7 Å². The summed E-state index contributed by atoms with van der Waals surface area (Å²) >= 11 is 0. The Balaban J connectivity index is 2.21. The van der Waals surface area contributed by atoms with Gasteiger partial charge < -0.3 is 14.7 Å². The van der Waals surface area contributed by atoms with Gasteiger partial charge in [0, 0.05) is 31.8 Å². The van der Waals surface area contributed by atoms with E-state index in [1.54, 1.807) is 19.4 Å². The van der Waals surface area contributed by atoms with Gasteiger partial charge in [-0.1, -0.05) is 13.8 Å². The van der Waals surface area contributed by atoms with Gasteiger partial charge in [0.05, 0.1) is 24.1 Å². The van der Waals surface area contributed by atoms with Crippen molar-refractivity contribution in [3.63, 3.8) is 0 Å². The normalized spacial score (nSPS) is 26.5. The Hall–Kier alpha value is -1.20. The molecule has 1 N–H and O–H groups in total. The summed E-state index contributed by atoms with van der Waals surface area (Å²) in [5.74, 6) is -0.324. The van der Waals surface area contributed by atoms with Gasteiger partial charge in [0.1, 0.15) is 0 Å². The maximum atomic E-state index is 13.8. The number of anilines is 1. The highest BCUT2D eigenvalue weighted by Gasteiger charge is 2.47. The van der Waals surface area contributed by atoms with Gasteiger partial charge in [0.2, 0.25) is 0 Å². The number of aromatic nitrogens is 1. The van der Waals surface area contributed by atoms with Gasteiger partial charge in [0.15, 0.2) is 5.82 Å². The molecule has 1 aliphatic heterocycles. The van der Waals surface area contributed by atoms with Crippen molar-refractivity contribution in [2.75, 3.05) is 31.7 Å². The molecule has 0 aromatic carbocycles. The molecule has 19 heavy (non-hydrogen) atoms. The van der Waals surface area contributed by atoms with Crippen LogP contribution in [0.3, 0.4) is 0 Å². The molecule has 0 unspecified atom stereocenters. The number of aliphatic hydroxyl groups is 1. The molecule has 5 heteroatoms. The van der Waals surface area contributed by atoms with Crippen LogP contribution in [0.1, 0.15) is 20.3 Å². The number of nitrogens with zero attached hydrogens (tertiary/aromatic N) is 2. The van der Waals surface area contributed by atoms with E-state index in [4.69, 9.17) is 4.74 Å². The number of pyridine rings is 1. The zero-order chi connectivity index (χ0) is 14.1. The van der Waals surface area contributed by atoms with Crippen LogP contribution in [0, 0.1) is 11.2 Å². The molecule has 0 saturated carbocycles. The van der Waals surface area contributed by atoms with Crippen LogP contribution < -0.4 is 4.90 Å². The molecule has 4 nitrogen and oxygen atoms in total. The summed E-state index contributed by atoms with van der Waals surface area (Å²) in [6.45, 7) is 5.44. The third-order valence-corrected chi connectivity index (χ3v) is 4.12. The van der Waals surface area contributed by atoms with Crippen molar-refractivity contribution in [2.24, 2.45) is 5.41 Å². The lowest BCUT2D eigenvalue weighted by atomic mass is 9.70. The van der Waals surface area contributed by atoms with Crippen molar-refractivity contribution >= 4 is 5.69 Å². The highest BCUT2D eigenvalue weighted by Crippen LogP contribution is 2.40. The second-order valence-corrected chi connectivity index (χ2v) is 5.85. The van der Waals surface area contributed by atoms with Crippen LogP contribution >= 0.6 is 0 Å². The first-order chi connectivity index (χ1) is 8.89. The van der Waals surface area contributed by atoms with Crippen LogP contribution in [0.4, 0.5) is 10.1 Å². The number of piperidine rings is 1. The molecular formula is C14H21FN2O2. The van der Waals surface area contributed by atoms with Gasteiger partial charge in [-0.3, -0.25) is 4.98 Å². The van der Waals surface area contributed by atoms with E-state index in [9.17, 15) is 9.50 Å². The quantitative estimate of drug-likeness (QED) is 0.908. The second-order valence-electron chi connectivity index (χ2n) is 5.85. The van der Waals surface area contributed by atoms with Gasteiger partial charge in [-0.05, 0) is 12.5 Å². The molecule has 2 rings (SSSR count). The molecule has 1 fully saturated rings. The SMILES string of the molecule is COC[C@]1(O)CCN(c2ccncc2F)CC1(C)C. The molecule has 0 bridgehead atoms. The van der Waals surface area contributed by atoms with Gasteiger partial charge in [0.25, 0.3) is 0 Å². The Morgan fingerprint density at radius 2 is 2.26 bits per heavy atom. The van der Waals surface area contributed by atoms with Crippen molar-refractivity contribution in [3.05, 3.63) is 24.3 Å². The van der Waals surface area contributed by atoms with Crippen LogP contribution in [0.5, 0.6) is 0 Å². The Bertz CT molecular complexity index is 453. The standard InChI is InChI=1S/C14H21FN2O2/c1-13(2)9-17(7-5-14(13,18)10-19-3)12-4-6-16-8-11(12)15/h4,6,8,18H,5,7,9-10H2,1-3H3/t14-/m1/s1. The van der Waals surface area contributed by atoms with Crippen LogP contribution in [0.25, 0.3) is 0 Å². The summed E-state index contributed by atoms with van der Waals surface area (Å²) in [4.78, 5) is 5.72. The van der Waals surface area contributed by atoms with Crippen molar-refractivity contribution < 1.29 is 14.2 Å². The molecule has 1 saturated heterocycles. The zero-order valence-electron chi connectivity index (χ0n) is 11.7. The van der Waals surface area contributed by atoms with Gasteiger partial charge in [-0.2, -0.15) is 0 Å². The molecule has 0 amide bonds. The molecule has 106 valence electrons. The number of hydrogen-bond donors (Lipinski definition) is 1. The van der Waals surface area contributed by atoms with Crippen LogP contribution in [-0.4, -0.2) is 42.5 Å². The van der Waals surface area contributed by atoms with Crippen molar-refractivity contribution in [1.29, 1.82) is 0 Å². The van der Waals surface area contributed by atoms with E-state index in [1.165, 1.54) is 6.20 Å². The Kier molecular flexibility index (Phi) is 3.78. The minimum Gasteiger partial charge on any atom is -0.387 e. The third kappa shape index (κ3) is 2.58. The molecule has 1 aliphatic rings. The van der Waals surface area contributed by atoms with Crippen LogP contribution in [-0.2, 0) is 4.74 Å². The topological polar surface area (TPSA) is 45.6 Å². The van der Waals surface area contributed by atoms with E-state index in [-0.39, 0.29) is 11.2 Å². The van der Waals surface area contributed by atoms with Crippen LogP contribution in [0.2, 0.25) is 0 Å². The Morgan fingerprint density at radius 3 is 2.84 bits per heavy atom. The first-order valence-electron chi connectivity index (χ1n) is 6.45. The average molecular weight is 268 g/mol. The highest BCUT2D eigenvalue weighted by atomic mass is 19.1. The lowest BCUT2D eigenvalue weighted by Gasteiger charge is -2.50. The lowest BCUT2D eigenvalue weighted by Crippen LogP contribution is -2.59. The molecule has 1 atom stereocenters. The fourth-order valence-corrected chi connectivity index (χ4v) is 2.70. The smallest absolute Gasteiger partial charge is 0.164 e. The van der Waals surface area contributed by atoms with Crippen molar-refractivity contribution in [3.8, 4) is 0 Å². The van der Waals surface area contributed by atoms with E-state index in [2.05, 4.69) is 4.98 Å². The molecule has 1 aromatic heterocycles. The molecule has 1 aromatic rings. The molecule has 0 aliphatic carbocycles. The lowest BCUT2D eigenvalue weighted by molar-refractivity contribution is -0.122. The first-order valence-corrected chi connectivity index (χ1v) is 6.45. The molecular weight excluding hydrogens is 247 g/mol. The summed E-state index contributed by atoms with van der Waals surface area (Å²) in [5.41, 5.74) is -0.707. The van der Waals surface area contributed by atoms with Crippen molar-refractivity contribution in [1.82, 2.24) is 4.98 Å². The monoisotopic (exact) mass is 268 g/mol. The summed E-state index contributed by atoms with van der Waals surface area (Å²) in [5, 5.41) is 10.7. The summed E-state index contributed by atoms with van der Waals surface area (Å²) in [7, 11) is 1.59. The van der Waals surface area contributed by atoms with Gasteiger partial charge >= 0.3 is 0 Å². The molecule has 2 heterocycles. The van der Waals surface area contributed by atoms with Crippen molar-refractivity contribution in [2.45, 2.75) is 25.9 Å². The first kappa shape index (κ1) is 14.2. The fraction of sp³-hybridized carbons (Fsp3) is 0.643. The second kappa shape index (κ2) is 5.06. The number of hydrogen-bond acceptors (Lipinski definition) is 4. The molecule has 0 spiro atoms. The highest BCUT2D eigenvalue weighted by molar-refractivity contribution is 5.47. The maximum Gasteiger partial charge on any atom is 0.164 e. The minimum atomic E-state index is -0.873. The predicted octanol–water partition coefficient (Wildman–Crippen LogP) is 1.83. The van der Waals surface area contributed by atoms with Gasteiger partial charge in [-0.25, -0.2) is 4.39 Å². The predicted molar refractivity (Wildman–Crippen MR) is 71.6 cm³/mol. The summed E-state index contributed by atoms with van der Waals surface area (Å²) in [6.07, 6.45) is 3.36. The Labute approximate surface area is 113 Å². The van der Waals surface area contributed by atoms with Gasteiger partial charge in [-0.15, -0.1) is 0 Å². The van der Waals surface area contributed by atoms with E-state index in [0.29, 0.717) is 31.8 Å². The number of ether oxygens (including phenoxy) is 1. The number of rotatable bonds is 3. The van der Waals surface area contributed by atoms with E-state index < -0.39 is 5.60 Å². The average Bonchev–Trinajstić information content (AvgIpc) is 2.34. The Morgan fingerprint density at radius 1 is 1.53 bits per heavy atom. The number of halogens is 1. The zero-order valence-corrected chi connectivity index (χ0v) is 11.7. The largest absolute Gasteiger partial charge is 0.387 e. The van der Waals surface area contributed by atoms with Crippen LogP contribution in [0.15, 0.2) is 18.5 Å². The fourth-order valence-electron chi connectivity index (χ4n) is 2.70. The minimum absolute atomic E-state index is 0.298. The summed E-state index contributed by atoms with van der Waals surface area (Å²) in [6, 6.07) is 1.67. The number of methoxy groups -OCH3 is 1. The van der Waals surface area contributed by atoms with E-state index in [0.717, 1.165) is 0 Å². The third-order valence-electron chi connectivity index (χ3n) is 4.12. The van der Waals surface area contributed by atoms with E-state index >= 15 is 0 Å². The summed E-state index contributed by atoms with van der Waals surface area (Å²) < 4.78 is 18.9. The maximum absolute atomic E-state index is 13.8. The molecule has 0 radical (unpaired) electrons.